The fraction of sp³-hybridized carbons (Fsp3) is 0.605. The summed E-state index contributed by atoms with van der Waals surface area (Å²) in [7, 11) is 0. The molecule has 0 amide bonds. The van der Waals surface area contributed by atoms with Gasteiger partial charge >= 0.3 is 5.97 Å². The second-order valence-electron chi connectivity index (χ2n) is 12.9. The van der Waals surface area contributed by atoms with Gasteiger partial charge in [-0.15, -0.1) is 0 Å². The highest BCUT2D eigenvalue weighted by atomic mass is 16.4. The maximum Gasteiger partial charge on any atom is 0.309 e. The Morgan fingerprint density at radius 2 is 1.48 bits per heavy atom. The predicted octanol–water partition coefficient (Wildman–Crippen LogP) is 8.62. The highest BCUT2D eigenvalue weighted by molar-refractivity contribution is 5.71. The van der Waals surface area contributed by atoms with E-state index in [2.05, 4.69) is 54.6 Å². The first-order valence-corrected chi connectivity index (χ1v) is 16.8. The zero-order chi connectivity index (χ0) is 30.0. The van der Waals surface area contributed by atoms with Crippen molar-refractivity contribution in [2.24, 2.45) is 35.3 Å². The number of carboxylic acid groups (broad SMARTS) is 1. The van der Waals surface area contributed by atoms with Crippen LogP contribution in [0.5, 0.6) is 0 Å². The van der Waals surface area contributed by atoms with Gasteiger partial charge in [-0.25, -0.2) is 0 Å². The van der Waals surface area contributed by atoms with E-state index in [0.717, 1.165) is 57.3 Å². The average Bonchev–Trinajstić information content (AvgIpc) is 3.00. The maximum atomic E-state index is 12.4. The molecule has 0 unspecified atom stereocenters. The molecule has 4 N–H and O–H groups in total. The number of hydrogen-bond donors (Lipinski definition) is 3. The van der Waals surface area contributed by atoms with Crippen LogP contribution in [0.25, 0.3) is 0 Å². The number of nitrogens with two attached hydrogens (primary N) is 1. The maximum absolute atomic E-state index is 12.4. The Hall–Kier alpha value is -2.43. The van der Waals surface area contributed by atoms with Gasteiger partial charge in [0.15, 0.2) is 0 Å². The number of aliphatic hydroxyl groups is 1. The minimum atomic E-state index is -0.899. The van der Waals surface area contributed by atoms with E-state index < -0.39 is 18.0 Å². The van der Waals surface area contributed by atoms with Crippen LogP contribution in [0.1, 0.15) is 102 Å². The van der Waals surface area contributed by atoms with Gasteiger partial charge in [-0.3, -0.25) is 4.79 Å². The molecule has 5 atom stereocenters. The normalized spacial score (nSPS) is 18.0. The van der Waals surface area contributed by atoms with Crippen LogP contribution in [0, 0.1) is 29.6 Å². The molecule has 1 saturated carbocycles. The van der Waals surface area contributed by atoms with Crippen LogP contribution < -0.4 is 5.73 Å². The molecule has 232 valence electrons. The average molecular weight is 576 g/mol. The van der Waals surface area contributed by atoms with E-state index in [1.54, 1.807) is 6.92 Å². The Bertz CT molecular complexity index is 1000. The molecule has 0 aromatic heterocycles. The largest absolute Gasteiger partial charge is 0.481 e. The van der Waals surface area contributed by atoms with Crippen LogP contribution in [-0.2, 0) is 17.6 Å². The lowest BCUT2D eigenvalue weighted by molar-refractivity contribution is -0.149. The summed E-state index contributed by atoms with van der Waals surface area (Å²) in [6.07, 6.45) is 21.1. The van der Waals surface area contributed by atoms with Crippen LogP contribution in [0.3, 0.4) is 0 Å². The van der Waals surface area contributed by atoms with E-state index in [0.29, 0.717) is 12.5 Å². The van der Waals surface area contributed by atoms with E-state index in [1.165, 1.54) is 56.1 Å². The zero-order valence-corrected chi connectivity index (χ0v) is 26.1. The van der Waals surface area contributed by atoms with E-state index >= 15 is 0 Å². The smallest absolute Gasteiger partial charge is 0.309 e. The molecule has 2 aromatic rings. The highest BCUT2D eigenvalue weighted by Crippen LogP contribution is 2.36. The molecule has 1 fully saturated rings. The van der Waals surface area contributed by atoms with Gasteiger partial charge in [0.1, 0.15) is 0 Å². The van der Waals surface area contributed by atoms with Crippen LogP contribution in [0.4, 0.5) is 0 Å². The first-order chi connectivity index (χ1) is 20.5. The quantitative estimate of drug-likeness (QED) is 0.138. The van der Waals surface area contributed by atoms with Crippen molar-refractivity contribution in [1.82, 2.24) is 0 Å². The van der Waals surface area contributed by atoms with Gasteiger partial charge in [0.25, 0.3) is 0 Å². The zero-order valence-electron chi connectivity index (χ0n) is 26.1. The molecular weight excluding hydrogens is 518 g/mol. The van der Waals surface area contributed by atoms with Gasteiger partial charge in [0.2, 0.25) is 0 Å². The minimum absolute atomic E-state index is 0.118. The van der Waals surface area contributed by atoms with Crippen molar-refractivity contribution in [1.29, 1.82) is 0 Å². The predicted molar refractivity (Wildman–Crippen MR) is 175 cm³/mol. The lowest BCUT2D eigenvalue weighted by Gasteiger charge is -2.34. The SMILES string of the molecule is C[C@H](O)[C@H](C(=O)O)[C@H](CCc1ccccc1)[C@H](CCN)CC[C@@H](C/C=C\CCC1CCCCC1)CCc1ccccc1. The first kappa shape index (κ1) is 34.1. The fourth-order valence-electron chi connectivity index (χ4n) is 7.28. The van der Waals surface area contributed by atoms with Crippen LogP contribution in [-0.4, -0.2) is 28.8 Å². The second kappa shape index (κ2) is 19.7. The van der Waals surface area contributed by atoms with Gasteiger partial charge in [-0.05, 0) is 112 Å². The van der Waals surface area contributed by atoms with Crippen molar-refractivity contribution in [2.45, 2.75) is 109 Å². The van der Waals surface area contributed by atoms with Crippen LogP contribution in [0.2, 0.25) is 0 Å². The van der Waals surface area contributed by atoms with Gasteiger partial charge in [0.05, 0.1) is 12.0 Å². The molecule has 0 radical (unpaired) electrons. The van der Waals surface area contributed by atoms with E-state index in [9.17, 15) is 15.0 Å². The number of benzene rings is 2. The number of carbonyl (C=O) groups is 1. The molecule has 0 saturated heterocycles. The molecule has 2 aromatic carbocycles. The number of aliphatic carboxylic acids is 1. The summed E-state index contributed by atoms with van der Waals surface area (Å²) in [5, 5.41) is 20.8. The summed E-state index contributed by atoms with van der Waals surface area (Å²) in [6, 6.07) is 21.0. The molecule has 0 heterocycles. The standard InChI is InChI=1S/C38H57NO3/c1-30(40)37(38(41)42)36(27-25-33-19-11-5-12-20-33)35(28-29-39)26-24-34(23-22-32-17-9-4-10-18-32)21-13-3-8-16-31-14-6-2-7-15-31/h3-5,9-13,17-20,30-31,34-37,40H,2,6-8,14-16,21-29,39H2,1H3,(H,41,42)/b13-3-/t30-,34-,35-,36+,37-/m0/s1. The summed E-state index contributed by atoms with van der Waals surface area (Å²) < 4.78 is 0. The first-order valence-electron chi connectivity index (χ1n) is 16.8. The summed E-state index contributed by atoms with van der Waals surface area (Å²) in [5.41, 5.74) is 8.71. The van der Waals surface area contributed by atoms with Crippen molar-refractivity contribution in [2.75, 3.05) is 6.54 Å². The Kier molecular flexibility index (Phi) is 16.0. The van der Waals surface area contributed by atoms with Gasteiger partial charge in [-0.2, -0.15) is 0 Å². The third-order valence-corrected chi connectivity index (χ3v) is 9.75. The van der Waals surface area contributed by atoms with Gasteiger partial charge in [-0.1, -0.05) is 105 Å². The molecule has 1 aliphatic rings. The van der Waals surface area contributed by atoms with Gasteiger partial charge in [0, 0.05) is 0 Å². The Morgan fingerprint density at radius 3 is 2.05 bits per heavy atom. The molecule has 0 spiro atoms. The third kappa shape index (κ3) is 12.4. The van der Waals surface area contributed by atoms with E-state index in [1.807, 2.05) is 18.2 Å². The third-order valence-electron chi connectivity index (χ3n) is 9.75. The van der Waals surface area contributed by atoms with Gasteiger partial charge < -0.3 is 15.9 Å². The van der Waals surface area contributed by atoms with Crippen molar-refractivity contribution in [3.05, 3.63) is 83.9 Å². The molecular formula is C38H57NO3. The molecule has 4 nitrogen and oxygen atoms in total. The van der Waals surface area contributed by atoms with Crippen molar-refractivity contribution in [3.8, 4) is 0 Å². The lowest BCUT2D eigenvalue weighted by Crippen LogP contribution is -2.38. The number of aryl methyl sites for hydroxylation is 2. The summed E-state index contributed by atoms with van der Waals surface area (Å²) >= 11 is 0. The number of carboxylic acids is 1. The Balaban J connectivity index is 1.67. The molecule has 0 bridgehead atoms. The summed E-state index contributed by atoms with van der Waals surface area (Å²) in [5.74, 6) is -0.172. The molecule has 0 aliphatic heterocycles. The molecule has 4 heteroatoms. The monoisotopic (exact) mass is 575 g/mol. The van der Waals surface area contributed by atoms with Crippen molar-refractivity contribution < 1.29 is 15.0 Å². The number of rotatable bonds is 20. The van der Waals surface area contributed by atoms with Crippen LogP contribution in [0.15, 0.2) is 72.8 Å². The lowest BCUT2D eigenvalue weighted by atomic mass is 9.71. The number of aliphatic hydroxyl groups excluding tert-OH is 1. The topological polar surface area (TPSA) is 83.5 Å². The van der Waals surface area contributed by atoms with Crippen molar-refractivity contribution >= 4 is 5.97 Å². The number of hydrogen-bond acceptors (Lipinski definition) is 3. The van der Waals surface area contributed by atoms with E-state index in [4.69, 9.17) is 5.73 Å². The Morgan fingerprint density at radius 1 is 0.857 bits per heavy atom. The van der Waals surface area contributed by atoms with Crippen LogP contribution >= 0.6 is 0 Å². The second-order valence-corrected chi connectivity index (χ2v) is 12.9. The molecule has 3 rings (SSSR count). The molecule has 42 heavy (non-hydrogen) atoms. The van der Waals surface area contributed by atoms with E-state index in [-0.39, 0.29) is 11.8 Å². The summed E-state index contributed by atoms with van der Waals surface area (Å²) in [4.78, 5) is 12.4. The molecule has 1 aliphatic carbocycles. The fourth-order valence-corrected chi connectivity index (χ4v) is 7.28. The van der Waals surface area contributed by atoms with Crippen molar-refractivity contribution in [3.63, 3.8) is 0 Å². The Labute approximate surface area is 255 Å². The summed E-state index contributed by atoms with van der Waals surface area (Å²) in [6.45, 7) is 2.17. The highest BCUT2D eigenvalue weighted by Gasteiger charge is 2.37. The number of allylic oxidation sites excluding steroid dienone is 2. The minimum Gasteiger partial charge on any atom is -0.481 e.